The Morgan fingerprint density at radius 3 is 2.27 bits per heavy atom. The molecule has 0 heterocycles. The quantitative estimate of drug-likeness (QED) is 0.385. The van der Waals surface area contributed by atoms with Crippen LogP contribution in [-0.2, 0) is 10.0 Å². The van der Waals surface area contributed by atoms with Gasteiger partial charge in [-0.3, -0.25) is 4.72 Å². The van der Waals surface area contributed by atoms with Crippen molar-refractivity contribution in [2.24, 2.45) is 0 Å². The standard InChI is InChI=1S/C20H16Cl2FN3O2S2/c1-12-2-9-18(25-20(29)24-15-7-8-16(22)17(23)11-15)19(10-12)30(27,28)26-14-5-3-13(21)4-6-14/h2-11,26H,1H3,(H2,24,25,29). The van der Waals surface area contributed by atoms with Gasteiger partial charge in [-0.15, -0.1) is 0 Å². The van der Waals surface area contributed by atoms with E-state index in [-0.39, 0.29) is 20.7 Å². The number of thiocarbonyl (C=S) groups is 1. The Kier molecular flexibility index (Phi) is 6.82. The number of aryl methyl sites for hydroxylation is 1. The number of sulfonamides is 1. The van der Waals surface area contributed by atoms with Crippen LogP contribution in [-0.4, -0.2) is 13.5 Å². The lowest BCUT2D eigenvalue weighted by molar-refractivity contribution is 0.601. The third kappa shape index (κ3) is 5.60. The molecule has 3 aromatic carbocycles. The molecule has 0 amide bonds. The van der Waals surface area contributed by atoms with Crippen LogP contribution >= 0.6 is 35.4 Å². The van der Waals surface area contributed by atoms with E-state index in [1.807, 2.05) is 0 Å². The monoisotopic (exact) mass is 483 g/mol. The SMILES string of the molecule is Cc1ccc(NC(=S)Nc2ccc(Cl)c(F)c2)c(S(=O)(=O)Nc2ccc(Cl)cc2)c1. The van der Waals surface area contributed by atoms with Gasteiger partial charge >= 0.3 is 0 Å². The normalized spacial score (nSPS) is 11.1. The molecule has 0 bridgehead atoms. The highest BCUT2D eigenvalue weighted by Gasteiger charge is 2.20. The topological polar surface area (TPSA) is 70.2 Å². The van der Waals surface area contributed by atoms with Gasteiger partial charge in [-0.1, -0.05) is 29.3 Å². The van der Waals surface area contributed by atoms with E-state index in [1.54, 1.807) is 49.4 Å². The maximum absolute atomic E-state index is 13.6. The number of anilines is 3. The molecule has 0 aliphatic heterocycles. The molecule has 0 aromatic heterocycles. The van der Waals surface area contributed by atoms with Gasteiger partial charge in [0, 0.05) is 16.4 Å². The molecule has 0 fully saturated rings. The Bertz CT molecular complexity index is 1200. The fourth-order valence-electron chi connectivity index (χ4n) is 2.54. The minimum absolute atomic E-state index is 0.00360. The number of halogens is 3. The summed E-state index contributed by atoms with van der Waals surface area (Å²) < 4.78 is 42.1. The lowest BCUT2D eigenvalue weighted by Crippen LogP contribution is -2.22. The van der Waals surface area contributed by atoms with Gasteiger partial charge in [0.2, 0.25) is 0 Å². The summed E-state index contributed by atoms with van der Waals surface area (Å²) in [5, 5.41) is 6.21. The molecule has 3 rings (SSSR count). The first-order valence-corrected chi connectivity index (χ1v) is 11.2. The highest BCUT2D eigenvalue weighted by molar-refractivity contribution is 7.93. The smallest absolute Gasteiger partial charge is 0.263 e. The largest absolute Gasteiger partial charge is 0.332 e. The molecule has 0 unspecified atom stereocenters. The van der Waals surface area contributed by atoms with E-state index in [0.717, 1.165) is 5.56 Å². The average molecular weight is 484 g/mol. The molecule has 30 heavy (non-hydrogen) atoms. The lowest BCUT2D eigenvalue weighted by Gasteiger charge is -2.16. The van der Waals surface area contributed by atoms with Crippen LogP contribution in [0.25, 0.3) is 0 Å². The van der Waals surface area contributed by atoms with Gasteiger partial charge in [-0.25, -0.2) is 12.8 Å². The Hall–Kier alpha value is -2.39. The van der Waals surface area contributed by atoms with Crippen LogP contribution < -0.4 is 15.4 Å². The van der Waals surface area contributed by atoms with Crippen molar-refractivity contribution >= 4 is 67.6 Å². The van der Waals surface area contributed by atoms with E-state index in [4.69, 9.17) is 35.4 Å². The molecule has 0 saturated carbocycles. The highest BCUT2D eigenvalue weighted by atomic mass is 35.5. The van der Waals surface area contributed by atoms with Crippen molar-refractivity contribution in [1.82, 2.24) is 0 Å². The minimum Gasteiger partial charge on any atom is -0.332 e. The molecular formula is C20H16Cl2FN3O2S2. The van der Waals surface area contributed by atoms with E-state index < -0.39 is 15.8 Å². The van der Waals surface area contributed by atoms with Gasteiger partial charge in [-0.05, 0) is 79.3 Å². The van der Waals surface area contributed by atoms with Crippen LogP contribution in [0.1, 0.15) is 5.56 Å². The molecule has 0 aliphatic carbocycles. The number of nitrogens with one attached hydrogen (secondary N) is 3. The van der Waals surface area contributed by atoms with Crippen molar-refractivity contribution in [3.8, 4) is 0 Å². The molecule has 156 valence electrons. The van der Waals surface area contributed by atoms with Gasteiger partial charge in [-0.2, -0.15) is 0 Å². The summed E-state index contributed by atoms with van der Waals surface area (Å²) in [4.78, 5) is 0.00360. The fraction of sp³-hybridized carbons (Fsp3) is 0.0500. The van der Waals surface area contributed by atoms with Crippen molar-refractivity contribution < 1.29 is 12.8 Å². The molecule has 0 spiro atoms. The van der Waals surface area contributed by atoms with Crippen LogP contribution in [0.4, 0.5) is 21.5 Å². The Labute approximate surface area is 189 Å². The molecule has 0 atom stereocenters. The second-order valence-corrected chi connectivity index (χ2v) is 9.22. The number of rotatable bonds is 5. The first kappa shape index (κ1) is 22.3. The second kappa shape index (κ2) is 9.18. The zero-order valence-corrected chi connectivity index (χ0v) is 18.7. The van der Waals surface area contributed by atoms with Crippen LogP contribution in [0, 0.1) is 12.7 Å². The molecule has 5 nitrogen and oxygen atoms in total. The average Bonchev–Trinajstić information content (AvgIpc) is 2.68. The summed E-state index contributed by atoms with van der Waals surface area (Å²) in [5.41, 5.74) is 1.74. The number of benzene rings is 3. The van der Waals surface area contributed by atoms with E-state index >= 15 is 0 Å². The van der Waals surface area contributed by atoms with Crippen molar-refractivity contribution in [3.05, 3.63) is 82.1 Å². The first-order chi connectivity index (χ1) is 14.1. The van der Waals surface area contributed by atoms with E-state index in [1.165, 1.54) is 18.2 Å². The minimum atomic E-state index is -3.93. The lowest BCUT2D eigenvalue weighted by atomic mass is 10.2. The van der Waals surface area contributed by atoms with Crippen LogP contribution in [0.3, 0.4) is 0 Å². The molecule has 0 radical (unpaired) electrons. The Morgan fingerprint density at radius 1 is 0.933 bits per heavy atom. The molecule has 3 N–H and O–H groups in total. The van der Waals surface area contributed by atoms with Crippen LogP contribution in [0.15, 0.2) is 65.6 Å². The van der Waals surface area contributed by atoms with Crippen molar-refractivity contribution in [2.75, 3.05) is 15.4 Å². The van der Waals surface area contributed by atoms with Gasteiger partial charge in [0.15, 0.2) is 5.11 Å². The summed E-state index contributed by atoms with van der Waals surface area (Å²) in [5.74, 6) is -0.602. The fourth-order valence-corrected chi connectivity index (χ4v) is 4.32. The van der Waals surface area contributed by atoms with Crippen molar-refractivity contribution in [2.45, 2.75) is 11.8 Å². The van der Waals surface area contributed by atoms with E-state index in [9.17, 15) is 12.8 Å². The molecule has 3 aromatic rings. The molecule has 0 saturated heterocycles. The summed E-state index contributed by atoms with van der Waals surface area (Å²) in [7, 11) is -3.93. The number of hydrogen-bond donors (Lipinski definition) is 3. The summed E-state index contributed by atoms with van der Waals surface area (Å²) in [6.07, 6.45) is 0. The zero-order valence-electron chi connectivity index (χ0n) is 15.5. The Balaban J connectivity index is 1.84. The highest BCUT2D eigenvalue weighted by Crippen LogP contribution is 2.26. The van der Waals surface area contributed by atoms with Gasteiger partial charge in [0.1, 0.15) is 10.7 Å². The molecule has 10 heteroatoms. The summed E-state index contributed by atoms with van der Waals surface area (Å²) in [6, 6.07) is 15.3. The van der Waals surface area contributed by atoms with Gasteiger partial charge in [0.25, 0.3) is 10.0 Å². The number of hydrogen-bond acceptors (Lipinski definition) is 3. The van der Waals surface area contributed by atoms with Crippen LogP contribution in [0.5, 0.6) is 0 Å². The van der Waals surface area contributed by atoms with E-state index in [2.05, 4.69) is 15.4 Å². The maximum atomic E-state index is 13.6. The zero-order chi connectivity index (χ0) is 21.9. The van der Waals surface area contributed by atoms with Gasteiger partial charge in [0.05, 0.1) is 10.7 Å². The summed E-state index contributed by atoms with van der Waals surface area (Å²) in [6.45, 7) is 1.78. The van der Waals surface area contributed by atoms with Crippen molar-refractivity contribution in [3.63, 3.8) is 0 Å². The third-order valence-corrected chi connectivity index (χ3v) is 6.13. The Morgan fingerprint density at radius 2 is 1.60 bits per heavy atom. The van der Waals surface area contributed by atoms with Crippen molar-refractivity contribution in [1.29, 1.82) is 0 Å². The van der Waals surface area contributed by atoms with Crippen LogP contribution in [0.2, 0.25) is 10.0 Å². The van der Waals surface area contributed by atoms with E-state index in [0.29, 0.717) is 16.4 Å². The third-order valence-electron chi connectivity index (χ3n) is 3.95. The maximum Gasteiger partial charge on any atom is 0.263 e. The molecular weight excluding hydrogens is 468 g/mol. The summed E-state index contributed by atoms with van der Waals surface area (Å²) >= 11 is 16.8. The first-order valence-electron chi connectivity index (χ1n) is 8.56. The predicted molar refractivity (Wildman–Crippen MR) is 125 cm³/mol. The second-order valence-electron chi connectivity index (χ2n) is 6.32. The molecule has 0 aliphatic rings. The van der Waals surface area contributed by atoms with Gasteiger partial charge < -0.3 is 10.6 Å². The predicted octanol–water partition coefficient (Wildman–Crippen LogP) is 6.05.